The van der Waals surface area contributed by atoms with E-state index >= 15 is 0 Å². The number of aryl methyl sites for hydroxylation is 1. The van der Waals surface area contributed by atoms with E-state index in [-0.39, 0.29) is 17.2 Å². The standard InChI is InChI=1S/C12H15N3O2S/c1-7-8(14-10(17)12(2,3)4)9(16)15-5-6-18-11(15)13-7/h5-6H,1-4H3,(H,14,17). The quantitative estimate of drug-likeness (QED) is 0.858. The third-order valence-electron chi connectivity index (χ3n) is 2.57. The van der Waals surface area contributed by atoms with Crippen LogP contribution in [0.5, 0.6) is 0 Å². The van der Waals surface area contributed by atoms with Crippen molar-refractivity contribution in [1.82, 2.24) is 9.38 Å². The monoisotopic (exact) mass is 265 g/mol. The number of hydrogen-bond donors (Lipinski definition) is 1. The minimum atomic E-state index is -0.548. The number of nitrogens with zero attached hydrogens (tertiary/aromatic N) is 2. The molecule has 0 fully saturated rings. The summed E-state index contributed by atoms with van der Waals surface area (Å²) >= 11 is 1.39. The number of aromatic nitrogens is 2. The van der Waals surface area contributed by atoms with Gasteiger partial charge in [-0.2, -0.15) is 0 Å². The molecule has 5 nitrogen and oxygen atoms in total. The predicted molar refractivity (Wildman–Crippen MR) is 72.2 cm³/mol. The minimum Gasteiger partial charge on any atom is -0.320 e. The largest absolute Gasteiger partial charge is 0.320 e. The molecule has 2 aromatic rings. The summed E-state index contributed by atoms with van der Waals surface area (Å²) in [6.07, 6.45) is 1.65. The Balaban J connectivity index is 2.51. The molecule has 2 heterocycles. The number of carbonyl (C=O) groups excluding carboxylic acids is 1. The van der Waals surface area contributed by atoms with Gasteiger partial charge in [0.25, 0.3) is 5.56 Å². The van der Waals surface area contributed by atoms with Crippen LogP contribution in [-0.4, -0.2) is 15.3 Å². The van der Waals surface area contributed by atoms with Gasteiger partial charge < -0.3 is 5.32 Å². The molecule has 18 heavy (non-hydrogen) atoms. The molecule has 6 heteroatoms. The second-order valence-electron chi connectivity index (χ2n) is 5.14. The molecule has 96 valence electrons. The van der Waals surface area contributed by atoms with E-state index < -0.39 is 5.41 Å². The molecule has 0 aromatic carbocycles. The molecule has 0 aliphatic heterocycles. The molecule has 0 spiro atoms. The molecule has 0 saturated carbocycles. The van der Waals surface area contributed by atoms with Crippen molar-refractivity contribution in [3.05, 3.63) is 27.6 Å². The summed E-state index contributed by atoms with van der Waals surface area (Å²) in [5.41, 5.74) is 0.00915. The zero-order valence-electron chi connectivity index (χ0n) is 10.8. The fraction of sp³-hybridized carbons (Fsp3) is 0.417. The van der Waals surface area contributed by atoms with E-state index in [2.05, 4.69) is 10.3 Å². The zero-order valence-corrected chi connectivity index (χ0v) is 11.6. The van der Waals surface area contributed by atoms with Gasteiger partial charge in [0.05, 0.1) is 5.69 Å². The van der Waals surface area contributed by atoms with Gasteiger partial charge in [-0.1, -0.05) is 20.8 Å². The van der Waals surface area contributed by atoms with E-state index in [1.165, 1.54) is 15.7 Å². The number of amides is 1. The van der Waals surface area contributed by atoms with Crippen molar-refractivity contribution in [3.63, 3.8) is 0 Å². The summed E-state index contributed by atoms with van der Waals surface area (Å²) in [6.45, 7) is 7.11. The van der Waals surface area contributed by atoms with Crippen LogP contribution in [-0.2, 0) is 4.79 Å². The van der Waals surface area contributed by atoms with Crippen molar-refractivity contribution in [3.8, 4) is 0 Å². The van der Waals surface area contributed by atoms with Gasteiger partial charge in [0.1, 0.15) is 5.69 Å². The lowest BCUT2D eigenvalue weighted by molar-refractivity contribution is -0.123. The van der Waals surface area contributed by atoms with Crippen molar-refractivity contribution in [2.24, 2.45) is 5.41 Å². The van der Waals surface area contributed by atoms with Crippen LogP contribution in [0.3, 0.4) is 0 Å². The van der Waals surface area contributed by atoms with Gasteiger partial charge in [0.2, 0.25) is 5.91 Å². The molecule has 0 aliphatic rings. The van der Waals surface area contributed by atoms with Crippen LogP contribution in [0.25, 0.3) is 4.96 Å². The van der Waals surface area contributed by atoms with Crippen molar-refractivity contribution >= 4 is 27.9 Å². The average molecular weight is 265 g/mol. The molecular formula is C12H15N3O2S. The fourth-order valence-corrected chi connectivity index (χ4v) is 2.18. The second-order valence-corrected chi connectivity index (χ2v) is 6.01. The van der Waals surface area contributed by atoms with Gasteiger partial charge in [-0.3, -0.25) is 14.0 Å². The third-order valence-corrected chi connectivity index (χ3v) is 3.32. The van der Waals surface area contributed by atoms with Gasteiger partial charge >= 0.3 is 0 Å². The van der Waals surface area contributed by atoms with Crippen LogP contribution in [0.15, 0.2) is 16.4 Å². The van der Waals surface area contributed by atoms with Crippen LogP contribution in [0, 0.1) is 12.3 Å². The van der Waals surface area contributed by atoms with E-state index in [4.69, 9.17) is 0 Å². The first kappa shape index (κ1) is 12.8. The van der Waals surface area contributed by atoms with Gasteiger partial charge in [-0.15, -0.1) is 11.3 Å². The SMILES string of the molecule is Cc1nc2sccn2c(=O)c1NC(=O)C(C)(C)C. The number of thiazole rings is 1. The van der Waals surface area contributed by atoms with Crippen molar-refractivity contribution in [1.29, 1.82) is 0 Å². The van der Waals surface area contributed by atoms with Crippen LogP contribution in [0.4, 0.5) is 5.69 Å². The van der Waals surface area contributed by atoms with Gasteiger partial charge in [0.15, 0.2) is 4.96 Å². The number of anilines is 1. The van der Waals surface area contributed by atoms with Crippen molar-refractivity contribution < 1.29 is 4.79 Å². The maximum absolute atomic E-state index is 12.2. The normalized spacial score (nSPS) is 11.8. The number of carbonyl (C=O) groups is 1. The highest BCUT2D eigenvalue weighted by Crippen LogP contribution is 2.18. The first-order chi connectivity index (χ1) is 8.30. The Morgan fingerprint density at radius 2 is 2.11 bits per heavy atom. The Labute approximate surface area is 108 Å². The number of rotatable bonds is 1. The van der Waals surface area contributed by atoms with E-state index in [1.807, 2.05) is 0 Å². The fourth-order valence-electron chi connectivity index (χ4n) is 1.43. The molecule has 0 unspecified atom stereocenters. The Hall–Kier alpha value is -1.69. The van der Waals surface area contributed by atoms with Crippen molar-refractivity contribution in [2.75, 3.05) is 5.32 Å². The van der Waals surface area contributed by atoms with Crippen LogP contribution < -0.4 is 10.9 Å². The van der Waals surface area contributed by atoms with Crippen molar-refractivity contribution in [2.45, 2.75) is 27.7 Å². The number of nitrogens with one attached hydrogen (secondary N) is 1. The lowest BCUT2D eigenvalue weighted by Crippen LogP contribution is -2.32. The molecule has 0 atom stereocenters. The first-order valence-electron chi connectivity index (χ1n) is 5.58. The summed E-state index contributed by atoms with van der Waals surface area (Å²) in [7, 11) is 0. The number of hydrogen-bond acceptors (Lipinski definition) is 4. The van der Waals surface area contributed by atoms with E-state index in [1.54, 1.807) is 39.3 Å². The molecule has 2 aromatic heterocycles. The molecule has 0 radical (unpaired) electrons. The van der Waals surface area contributed by atoms with Crippen LogP contribution in [0.2, 0.25) is 0 Å². The van der Waals surface area contributed by atoms with E-state index in [0.717, 1.165) is 0 Å². The zero-order chi connectivity index (χ0) is 13.5. The number of fused-ring (bicyclic) bond motifs is 1. The minimum absolute atomic E-state index is 0.195. The lowest BCUT2D eigenvalue weighted by Gasteiger charge is -2.17. The molecule has 2 rings (SSSR count). The molecule has 1 amide bonds. The summed E-state index contributed by atoms with van der Waals surface area (Å²) in [5.74, 6) is -0.195. The van der Waals surface area contributed by atoms with Gasteiger partial charge in [-0.05, 0) is 6.92 Å². The van der Waals surface area contributed by atoms with Crippen LogP contribution >= 0.6 is 11.3 Å². The third kappa shape index (κ3) is 2.15. The predicted octanol–water partition coefficient (Wildman–Crippen LogP) is 2.05. The van der Waals surface area contributed by atoms with Gasteiger partial charge in [0, 0.05) is 17.0 Å². The molecule has 0 aliphatic carbocycles. The Morgan fingerprint density at radius 1 is 1.44 bits per heavy atom. The summed E-state index contributed by atoms with van der Waals surface area (Å²) in [6, 6.07) is 0. The van der Waals surface area contributed by atoms with E-state index in [0.29, 0.717) is 10.7 Å². The maximum atomic E-state index is 12.2. The van der Waals surface area contributed by atoms with Crippen LogP contribution in [0.1, 0.15) is 26.5 Å². The highest BCUT2D eigenvalue weighted by molar-refractivity contribution is 7.15. The molecule has 0 bridgehead atoms. The topological polar surface area (TPSA) is 63.5 Å². The first-order valence-corrected chi connectivity index (χ1v) is 6.46. The smallest absolute Gasteiger partial charge is 0.282 e. The van der Waals surface area contributed by atoms with Gasteiger partial charge in [-0.25, -0.2) is 4.98 Å². The summed E-state index contributed by atoms with van der Waals surface area (Å²) in [4.78, 5) is 29.0. The maximum Gasteiger partial charge on any atom is 0.282 e. The molecule has 0 saturated heterocycles. The second kappa shape index (κ2) is 4.20. The van der Waals surface area contributed by atoms with E-state index in [9.17, 15) is 9.59 Å². The molecule has 1 N–H and O–H groups in total. The Morgan fingerprint density at radius 3 is 2.72 bits per heavy atom. The Bertz CT molecular complexity index is 664. The highest BCUT2D eigenvalue weighted by atomic mass is 32.1. The molecular weight excluding hydrogens is 250 g/mol. The summed E-state index contributed by atoms with van der Waals surface area (Å²) in [5, 5.41) is 4.46. The highest BCUT2D eigenvalue weighted by Gasteiger charge is 2.23. The Kier molecular flexibility index (Phi) is 2.98. The lowest BCUT2D eigenvalue weighted by atomic mass is 9.95. The summed E-state index contributed by atoms with van der Waals surface area (Å²) < 4.78 is 1.44. The average Bonchev–Trinajstić information content (AvgIpc) is 2.70.